The molecule has 0 aliphatic rings. The molecule has 0 bridgehead atoms. The highest BCUT2D eigenvalue weighted by Crippen LogP contribution is 2.21. The van der Waals surface area contributed by atoms with Crippen molar-refractivity contribution in [2.45, 2.75) is 20.1 Å². The number of anilines is 1. The van der Waals surface area contributed by atoms with Gasteiger partial charge in [0.15, 0.2) is 5.96 Å². The van der Waals surface area contributed by atoms with Crippen molar-refractivity contribution in [1.29, 1.82) is 0 Å². The molecule has 0 atom stereocenters. The van der Waals surface area contributed by atoms with E-state index >= 15 is 0 Å². The number of rotatable bonds is 5. The summed E-state index contributed by atoms with van der Waals surface area (Å²) in [6.45, 7) is -0.734. The Labute approximate surface area is 127 Å². The number of ether oxygens (including phenoxy) is 1. The van der Waals surface area contributed by atoms with Gasteiger partial charge in [0.05, 0.1) is 6.54 Å². The first kappa shape index (κ1) is 15.8. The fourth-order valence-electron chi connectivity index (χ4n) is 1.84. The summed E-state index contributed by atoms with van der Waals surface area (Å²) in [5, 5.41) is 2.94. The van der Waals surface area contributed by atoms with Crippen molar-refractivity contribution in [1.82, 2.24) is 0 Å². The molecule has 116 valence electrons. The number of aliphatic imine (C=N–C) groups is 1. The fraction of sp³-hybridized carbons (Fsp3) is 0.188. The van der Waals surface area contributed by atoms with Crippen LogP contribution in [0.4, 0.5) is 14.5 Å². The molecule has 0 unspecified atom stereocenters. The lowest BCUT2D eigenvalue weighted by Crippen LogP contribution is -2.22. The number of nitrogens with one attached hydrogen (secondary N) is 1. The highest BCUT2D eigenvalue weighted by molar-refractivity contribution is 5.92. The van der Waals surface area contributed by atoms with Gasteiger partial charge < -0.3 is 15.8 Å². The lowest BCUT2D eigenvalue weighted by atomic mass is 10.2. The summed E-state index contributed by atoms with van der Waals surface area (Å²) in [4.78, 5) is 4.14. The Morgan fingerprint density at radius 1 is 1.18 bits per heavy atom. The van der Waals surface area contributed by atoms with Crippen LogP contribution < -0.4 is 15.8 Å². The van der Waals surface area contributed by atoms with Crippen molar-refractivity contribution >= 4 is 11.6 Å². The molecule has 3 N–H and O–H groups in total. The summed E-state index contributed by atoms with van der Waals surface area (Å²) in [6, 6.07) is 14.1. The number of nitrogens with zero attached hydrogens (tertiary/aromatic N) is 1. The van der Waals surface area contributed by atoms with E-state index < -0.39 is 6.61 Å². The predicted octanol–water partition coefficient (Wildman–Crippen LogP) is 3.52. The maximum Gasteiger partial charge on any atom is 0.387 e. The second-order valence-corrected chi connectivity index (χ2v) is 4.68. The van der Waals surface area contributed by atoms with Gasteiger partial charge in [0.1, 0.15) is 5.75 Å². The number of hydrogen-bond acceptors (Lipinski definition) is 2. The molecule has 0 aromatic heterocycles. The lowest BCUT2D eigenvalue weighted by molar-refractivity contribution is -0.0504. The number of alkyl halides is 2. The van der Waals surface area contributed by atoms with E-state index in [1.807, 2.05) is 31.2 Å². The molecule has 0 aliphatic heterocycles. The maximum absolute atomic E-state index is 12.3. The largest absolute Gasteiger partial charge is 0.434 e. The van der Waals surface area contributed by atoms with Crippen LogP contribution in [0, 0.1) is 6.92 Å². The highest BCUT2D eigenvalue weighted by Gasteiger charge is 2.08. The molecular weight excluding hydrogens is 288 g/mol. The van der Waals surface area contributed by atoms with Gasteiger partial charge in [-0.3, -0.25) is 0 Å². The van der Waals surface area contributed by atoms with Crippen molar-refractivity contribution in [3.05, 3.63) is 59.7 Å². The van der Waals surface area contributed by atoms with Gasteiger partial charge in [-0.1, -0.05) is 35.9 Å². The maximum atomic E-state index is 12.3. The first-order valence-electron chi connectivity index (χ1n) is 6.71. The van der Waals surface area contributed by atoms with E-state index in [1.54, 1.807) is 18.2 Å². The summed E-state index contributed by atoms with van der Waals surface area (Å²) in [7, 11) is 0. The van der Waals surface area contributed by atoms with Crippen molar-refractivity contribution in [2.75, 3.05) is 5.32 Å². The van der Waals surface area contributed by atoms with Crippen LogP contribution in [0.5, 0.6) is 5.75 Å². The third-order valence-corrected chi connectivity index (χ3v) is 2.93. The Morgan fingerprint density at radius 3 is 2.55 bits per heavy atom. The molecule has 0 amide bonds. The quantitative estimate of drug-likeness (QED) is 0.656. The molecule has 0 spiro atoms. The number of hydrogen-bond donors (Lipinski definition) is 2. The van der Waals surface area contributed by atoms with Crippen molar-refractivity contribution in [3.8, 4) is 5.75 Å². The Bertz CT molecular complexity index is 642. The van der Waals surface area contributed by atoms with Gasteiger partial charge in [-0.25, -0.2) is 4.99 Å². The minimum atomic E-state index is -2.87. The molecule has 2 aromatic rings. The van der Waals surface area contributed by atoms with Crippen LogP contribution in [0.25, 0.3) is 0 Å². The van der Waals surface area contributed by atoms with Gasteiger partial charge in [-0.15, -0.1) is 0 Å². The lowest BCUT2D eigenvalue weighted by Gasteiger charge is -2.09. The minimum Gasteiger partial charge on any atom is -0.434 e. The molecule has 0 aliphatic carbocycles. The Morgan fingerprint density at radius 2 is 1.86 bits per heavy atom. The first-order chi connectivity index (χ1) is 10.5. The van der Waals surface area contributed by atoms with E-state index in [0.29, 0.717) is 5.56 Å². The Hall–Kier alpha value is -2.63. The molecule has 0 fully saturated rings. The minimum absolute atomic E-state index is 0.101. The topological polar surface area (TPSA) is 59.6 Å². The zero-order chi connectivity index (χ0) is 15.9. The van der Waals surface area contributed by atoms with Crippen LogP contribution in [0.2, 0.25) is 0 Å². The molecule has 2 rings (SSSR count). The summed E-state index contributed by atoms with van der Waals surface area (Å²) in [6.07, 6.45) is 0. The third-order valence-electron chi connectivity index (χ3n) is 2.93. The van der Waals surface area contributed by atoms with Gasteiger partial charge >= 0.3 is 6.61 Å². The normalized spacial score (nSPS) is 11.5. The number of benzene rings is 2. The van der Waals surface area contributed by atoms with Gasteiger partial charge in [-0.05, 0) is 25.1 Å². The molecule has 0 saturated heterocycles. The highest BCUT2D eigenvalue weighted by atomic mass is 19.3. The van der Waals surface area contributed by atoms with Gasteiger partial charge in [0.25, 0.3) is 0 Å². The second-order valence-electron chi connectivity index (χ2n) is 4.68. The zero-order valence-corrected chi connectivity index (χ0v) is 12.1. The molecule has 0 heterocycles. The Balaban J connectivity index is 2.03. The van der Waals surface area contributed by atoms with Crippen LogP contribution in [0.1, 0.15) is 11.1 Å². The van der Waals surface area contributed by atoms with Crippen LogP contribution in [0.3, 0.4) is 0 Å². The molecule has 0 saturated carbocycles. The van der Waals surface area contributed by atoms with Crippen molar-refractivity contribution in [2.24, 2.45) is 10.7 Å². The smallest absolute Gasteiger partial charge is 0.387 e. The first-order valence-corrected chi connectivity index (χ1v) is 6.71. The zero-order valence-electron chi connectivity index (χ0n) is 12.1. The molecule has 0 radical (unpaired) electrons. The number of para-hydroxylation sites is 1. The van der Waals surface area contributed by atoms with E-state index in [-0.39, 0.29) is 18.3 Å². The monoisotopic (exact) mass is 305 g/mol. The molecule has 22 heavy (non-hydrogen) atoms. The van der Waals surface area contributed by atoms with Gasteiger partial charge in [0, 0.05) is 11.3 Å². The molecule has 6 heteroatoms. The van der Waals surface area contributed by atoms with Crippen LogP contribution in [0.15, 0.2) is 53.5 Å². The van der Waals surface area contributed by atoms with E-state index in [2.05, 4.69) is 15.0 Å². The predicted molar refractivity (Wildman–Crippen MR) is 83.2 cm³/mol. The van der Waals surface area contributed by atoms with Crippen LogP contribution in [-0.2, 0) is 6.54 Å². The number of guanidine groups is 1. The summed E-state index contributed by atoms with van der Waals surface area (Å²) in [5.41, 5.74) is 8.28. The van der Waals surface area contributed by atoms with Crippen molar-refractivity contribution in [3.63, 3.8) is 0 Å². The standard InChI is InChI=1S/C16H17F2N3O/c1-11-6-8-13(9-7-11)21-16(19)20-10-12-4-2-3-5-14(12)22-15(17)18/h2-9,15H,10H2,1H3,(H3,19,20,21). The number of nitrogens with two attached hydrogens (primary N) is 1. The average molecular weight is 305 g/mol. The molecular formula is C16H17F2N3O. The van der Waals surface area contributed by atoms with Gasteiger partial charge in [-0.2, -0.15) is 8.78 Å². The van der Waals surface area contributed by atoms with E-state index in [0.717, 1.165) is 11.3 Å². The van der Waals surface area contributed by atoms with E-state index in [9.17, 15) is 8.78 Å². The summed E-state index contributed by atoms with van der Waals surface area (Å²) < 4.78 is 29.1. The van der Waals surface area contributed by atoms with Crippen LogP contribution in [-0.4, -0.2) is 12.6 Å². The summed E-state index contributed by atoms with van der Waals surface area (Å²) in [5.74, 6) is 0.306. The van der Waals surface area contributed by atoms with Crippen LogP contribution >= 0.6 is 0 Å². The second kappa shape index (κ2) is 7.40. The average Bonchev–Trinajstić information content (AvgIpc) is 2.48. The molecule has 2 aromatic carbocycles. The Kier molecular flexibility index (Phi) is 5.30. The number of aryl methyl sites for hydroxylation is 1. The van der Waals surface area contributed by atoms with Crippen molar-refractivity contribution < 1.29 is 13.5 Å². The van der Waals surface area contributed by atoms with Gasteiger partial charge in [0.2, 0.25) is 0 Å². The fourth-order valence-corrected chi connectivity index (χ4v) is 1.84. The van der Waals surface area contributed by atoms with E-state index in [4.69, 9.17) is 5.73 Å². The SMILES string of the molecule is Cc1ccc(NC(N)=NCc2ccccc2OC(F)F)cc1. The third kappa shape index (κ3) is 4.73. The number of halogens is 2. The molecule has 4 nitrogen and oxygen atoms in total. The van der Waals surface area contributed by atoms with E-state index in [1.165, 1.54) is 6.07 Å². The summed E-state index contributed by atoms with van der Waals surface area (Å²) >= 11 is 0.